The van der Waals surface area contributed by atoms with E-state index in [4.69, 9.17) is 9.26 Å². The van der Waals surface area contributed by atoms with Gasteiger partial charge in [-0.1, -0.05) is 5.16 Å². The second-order valence-corrected chi connectivity index (χ2v) is 8.33. The number of morpholine rings is 1. The molecule has 0 N–H and O–H groups in total. The molecule has 2 fully saturated rings. The van der Waals surface area contributed by atoms with E-state index in [-0.39, 0.29) is 0 Å². The van der Waals surface area contributed by atoms with Crippen LogP contribution in [0.4, 0.5) is 0 Å². The highest BCUT2D eigenvalue weighted by Gasteiger charge is 2.40. The number of thiophene rings is 1. The van der Waals surface area contributed by atoms with Crippen LogP contribution >= 0.6 is 11.3 Å². The van der Waals surface area contributed by atoms with Gasteiger partial charge >= 0.3 is 0 Å². The highest BCUT2D eigenvalue weighted by atomic mass is 32.1. The Kier molecular flexibility index (Phi) is 4.47. The van der Waals surface area contributed by atoms with E-state index in [1.807, 2.05) is 25.2 Å². The quantitative estimate of drug-likeness (QED) is 0.851. The summed E-state index contributed by atoms with van der Waals surface area (Å²) in [5.74, 6) is 0.944. The maximum Gasteiger partial charge on any atom is 0.138 e. The van der Waals surface area contributed by atoms with Gasteiger partial charge in [-0.3, -0.25) is 9.80 Å². The number of fused-ring (bicyclic) bond motifs is 1. The average molecular weight is 347 g/mol. The predicted molar refractivity (Wildman–Crippen MR) is 94.2 cm³/mol. The first-order valence-electron chi connectivity index (χ1n) is 8.65. The number of aromatic nitrogens is 1. The number of ether oxygens (including phenoxy) is 1. The smallest absolute Gasteiger partial charge is 0.138 e. The van der Waals surface area contributed by atoms with Gasteiger partial charge in [0.1, 0.15) is 5.76 Å². The van der Waals surface area contributed by atoms with E-state index < -0.39 is 0 Å². The first-order chi connectivity index (χ1) is 11.6. The molecular weight excluding hydrogens is 322 g/mol. The van der Waals surface area contributed by atoms with Crippen molar-refractivity contribution in [2.75, 3.05) is 26.2 Å². The van der Waals surface area contributed by atoms with E-state index in [1.165, 1.54) is 15.3 Å². The Hall–Kier alpha value is -1.21. The summed E-state index contributed by atoms with van der Waals surface area (Å²) in [6, 6.07) is 4.93. The minimum absolute atomic E-state index is 0.320. The number of hydrogen-bond donors (Lipinski definition) is 0. The fourth-order valence-corrected chi connectivity index (χ4v) is 4.81. The second kappa shape index (κ2) is 6.59. The SMILES string of the molecule is Cc1ccc(CN2C[C@@H]3OCCN(Cc4c(C)noc4C)[C@H]3C2)s1. The largest absolute Gasteiger partial charge is 0.374 e. The van der Waals surface area contributed by atoms with Gasteiger partial charge in [0.25, 0.3) is 0 Å². The molecule has 6 heteroatoms. The molecule has 0 bridgehead atoms. The Balaban J connectivity index is 1.44. The molecule has 0 aromatic carbocycles. The van der Waals surface area contributed by atoms with Crippen LogP contribution in [0.5, 0.6) is 0 Å². The van der Waals surface area contributed by atoms with E-state index in [9.17, 15) is 0 Å². The maximum absolute atomic E-state index is 6.07. The number of aryl methyl sites for hydroxylation is 3. The van der Waals surface area contributed by atoms with Gasteiger partial charge in [-0.05, 0) is 32.9 Å². The molecule has 2 aromatic rings. The van der Waals surface area contributed by atoms with Crippen LogP contribution in [0.2, 0.25) is 0 Å². The van der Waals surface area contributed by atoms with Crippen molar-refractivity contribution in [3.8, 4) is 0 Å². The lowest BCUT2D eigenvalue weighted by Gasteiger charge is -2.36. The molecule has 0 saturated carbocycles. The molecule has 0 amide bonds. The fraction of sp³-hybridized carbons (Fsp3) is 0.611. The molecule has 130 valence electrons. The second-order valence-electron chi connectivity index (χ2n) is 6.96. The zero-order valence-electron chi connectivity index (χ0n) is 14.6. The third-order valence-electron chi connectivity index (χ3n) is 5.21. The lowest BCUT2D eigenvalue weighted by molar-refractivity contribution is -0.0506. The van der Waals surface area contributed by atoms with Crippen molar-refractivity contribution < 1.29 is 9.26 Å². The van der Waals surface area contributed by atoms with E-state index in [0.717, 1.165) is 50.8 Å². The Morgan fingerprint density at radius 3 is 2.79 bits per heavy atom. The molecule has 0 spiro atoms. The van der Waals surface area contributed by atoms with Gasteiger partial charge in [-0.2, -0.15) is 0 Å². The third kappa shape index (κ3) is 3.16. The van der Waals surface area contributed by atoms with E-state index in [0.29, 0.717) is 12.1 Å². The molecule has 5 nitrogen and oxygen atoms in total. The van der Waals surface area contributed by atoms with Gasteiger partial charge in [-0.25, -0.2) is 0 Å². The van der Waals surface area contributed by atoms with Gasteiger partial charge in [0.2, 0.25) is 0 Å². The summed E-state index contributed by atoms with van der Waals surface area (Å²) in [6.45, 7) is 12.1. The van der Waals surface area contributed by atoms with Crippen LogP contribution in [0.25, 0.3) is 0 Å². The molecule has 0 radical (unpaired) electrons. The summed E-state index contributed by atoms with van der Waals surface area (Å²) in [4.78, 5) is 7.92. The summed E-state index contributed by atoms with van der Waals surface area (Å²) in [7, 11) is 0. The highest BCUT2D eigenvalue weighted by Crippen LogP contribution is 2.28. The van der Waals surface area contributed by atoms with E-state index in [1.54, 1.807) is 0 Å². The lowest BCUT2D eigenvalue weighted by Crippen LogP contribution is -2.50. The molecule has 24 heavy (non-hydrogen) atoms. The Morgan fingerprint density at radius 2 is 2.08 bits per heavy atom. The zero-order chi connectivity index (χ0) is 16.7. The highest BCUT2D eigenvalue weighted by molar-refractivity contribution is 7.11. The molecule has 2 saturated heterocycles. The fourth-order valence-electron chi connectivity index (χ4n) is 3.88. The van der Waals surface area contributed by atoms with E-state index in [2.05, 4.69) is 34.0 Å². The third-order valence-corrected chi connectivity index (χ3v) is 6.20. The summed E-state index contributed by atoms with van der Waals surface area (Å²) < 4.78 is 11.4. The molecule has 0 unspecified atom stereocenters. The first kappa shape index (κ1) is 16.3. The van der Waals surface area contributed by atoms with E-state index >= 15 is 0 Å². The first-order valence-corrected chi connectivity index (χ1v) is 9.47. The van der Waals surface area contributed by atoms with Crippen molar-refractivity contribution in [3.63, 3.8) is 0 Å². The van der Waals surface area contributed by atoms with Crippen LogP contribution in [0.15, 0.2) is 16.7 Å². The van der Waals surface area contributed by atoms with Gasteiger partial charge < -0.3 is 9.26 Å². The average Bonchev–Trinajstić information content (AvgIpc) is 3.23. The van der Waals surface area contributed by atoms with Crippen LogP contribution < -0.4 is 0 Å². The van der Waals surface area contributed by atoms with Gasteiger partial charge in [0, 0.05) is 48.0 Å². The number of rotatable bonds is 4. The predicted octanol–water partition coefficient (Wildman–Crippen LogP) is 2.75. The van der Waals surface area contributed by atoms with Crippen LogP contribution in [0.3, 0.4) is 0 Å². The number of hydrogen-bond acceptors (Lipinski definition) is 6. The van der Waals surface area contributed by atoms with Crippen molar-refractivity contribution in [1.82, 2.24) is 15.0 Å². The number of likely N-dealkylation sites (tertiary alicyclic amines) is 1. The van der Waals surface area contributed by atoms with Crippen LogP contribution in [-0.2, 0) is 17.8 Å². The van der Waals surface area contributed by atoms with Crippen molar-refractivity contribution in [2.24, 2.45) is 0 Å². The van der Waals surface area contributed by atoms with Crippen LogP contribution in [0.1, 0.15) is 26.8 Å². The Bertz CT molecular complexity index is 691. The van der Waals surface area contributed by atoms with Gasteiger partial charge in [0.05, 0.1) is 24.4 Å². The monoisotopic (exact) mass is 347 g/mol. The number of nitrogens with zero attached hydrogens (tertiary/aromatic N) is 3. The van der Waals surface area contributed by atoms with Crippen molar-refractivity contribution in [2.45, 2.75) is 46.0 Å². The molecule has 2 aliphatic heterocycles. The van der Waals surface area contributed by atoms with Crippen molar-refractivity contribution in [3.05, 3.63) is 38.9 Å². The standard InChI is InChI=1S/C18H25N3O2S/c1-12-4-5-15(24-12)8-20-10-17-18(11-20)22-7-6-21(17)9-16-13(2)19-23-14(16)3/h4-5,17-18H,6-11H2,1-3H3/t17-,18-/m0/s1. The van der Waals surface area contributed by atoms with Crippen molar-refractivity contribution in [1.29, 1.82) is 0 Å². The summed E-state index contributed by atoms with van der Waals surface area (Å²) in [5.41, 5.74) is 2.25. The molecule has 2 atom stereocenters. The normalized spacial score (nSPS) is 25.3. The van der Waals surface area contributed by atoms with Gasteiger partial charge in [-0.15, -0.1) is 11.3 Å². The Morgan fingerprint density at radius 1 is 1.21 bits per heavy atom. The summed E-state index contributed by atoms with van der Waals surface area (Å²) in [5, 5.41) is 4.10. The minimum Gasteiger partial charge on any atom is -0.374 e. The van der Waals surface area contributed by atoms with Crippen LogP contribution in [0, 0.1) is 20.8 Å². The topological polar surface area (TPSA) is 41.7 Å². The zero-order valence-corrected chi connectivity index (χ0v) is 15.4. The summed E-state index contributed by atoms with van der Waals surface area (Å²) in [6.07, 6.45) is 0.320. The molecule has 2 aromatic heterocycles. The molecule has 4 heterocycles. The molecule has 4 rings (SSSR count). The van der Waals surface area contributed by atoms with Crippen molar-refractivity contribution >= 4 is 11.3 Å². The minimum atomic E-state index is 0.320. The Labute approximate surface area is 147 Å². The molecule has 2 aliphatic rings. The lowest BCUT2D eigenvalue weighted by atomic mass is 10.1. The maximum atomic E-state index is 6.07. The van der Waals surface area contributed by atoms with Crippen LogP contribution in [-0.4, -0.2) is 53.3 Å². The summed E-state index contributed by atoms with van der Waals surface area (Å²) >= 11 is 1.90. The molecule has 0 aliphatic carbocycles. The van der Waals surface area contributed by atoms with Gasteiger partial charge in [0.15, 0.2) is 0 Å². The molecular formula is C18H25N3O2S.